The molecule has 0 atom stereocenters. The highest BCUT2D eigenvalue weighted by Gasteiger charge is 2.10. The Morgan fingerprint density at radius 1 is 1.20 bits per heavy atom. The highest BCUT2D eigenvalue weighted by molar-refractivity contribution is 7.99. The number of hydrogen-bond acceptors (Lipinski definition) is 5. The van der Waals surface area contributed by atoms with Gasteiger partial charge in [-0.25, -0.2) is 9.97 Å². The molecule has 0 aliphatic carbocycles. The summed E-state index contributed by atoms with van der Waals surface area (Å²) in [4.78, 5) is 8.70. The first-order chi connectivity index (χ1) is 9.79. The van der Waals surface area contributed by atoms with Crippen molar-refractivity contribution in [2.45, 2.75) is 10.2 Å². The highest BCUT2D eigenvalue weighted by Crippen LogP contribution is 2.30. The molecule has 3 heterocycles. The van der Waals surface area contributed by atoms with Gasteiger partial charge in [0.05, 0.1) is 5.03 Å². The third-order valence-corrected chi connectivity index (χ3v) is 3.87. The van der Waals surface area contributed by atoms with Gasteiger partial charge in [0.1, 0.15) is 11.2 Å². The number of pyridine rings is 1. The molecular formula is C14H10N4OS. The van der Waals surface area contributed by atoms with Gasteiger partial charge in [0.2, 0.25) is 0 Å². The fourth-order valence-electron chi connectivity index (χ4n) is 2.06. The van der Waals surface area contributed by atoms with E-state index in [9.17, 15) is 0 Å². The Balaban J connectivity index is 1.78. The SMILES string of the molecule is Nc1ccc2oc(Sc3cccc4nccn34)nc2c1. The van der Waals surface area contributed by atoms with Crippen LogP contribution in [-0.2, 0) is 0 Å². The summed E-state index contributed by atoms with van der Waals surface area (Å²) in [5.74, 6) is 0. The van der Waals surface area contributed by atoms with E-state index in [1.165, 1.54) is 11.8 Å². The average Bonchev–Trinajstić information content (AvgIpc) is 3.04. The van der Waals surface area contributed by atoms with Crippen molar-refractivity contribution in [1.29, 1.82) is 0 Å². The number of aromatic nitrogens is 3. The van der Waals surface area contributed by atoms with Gasteiger partial charge < -0.3 is 10.2 Å². The molecule has 0 aliphatic heterocycles. The van der Waals surface area contributed by atoms with Crippen LogP contribution in [0.2, 0.25) is 0 Å². The molecule has 6 heteroatoms. The van der Waals surface area contributed by atoms with Crippen molar-refractivity contribution in [3.63, 3.8) is 0 Å². The van der Waals surface area contributed by atoms with Crippen LogP contribution < -0.4 is 5.73 Å². The summed E-state index contributed by atoms with van der Waals surface area (Å²) >= 11 is 1.46. The standard InChI is InChI=1S/C14H10N4OS/c15-9-4-5-11-10(8-9)17-14(19-11)20-13-3-1-2-12-16-6-7-18(12)13/h1-8H,15H2. The van der Waals surface area contributed by atoms with E-state index in [4.69, 9.17) is 10.2 Å². The maximum atomic E-state index is 5.75. The molecule has 0 aliphatic rings. The first-order valence-corrected chi connectivity index (χ1v) is 6.87. The molecule has 4 aromatic rings. The van der Waals surface area contributed by atoms with Crippen molar-refractivity contribution in [3.05, 3.63) is 48.8 Å². The number of nitrogen functional groups attached to an aromatic ring is 1. The first kappa shape index (κ1) is 11.4. The number of rotatable bonds is 2. The Morgan fingerprint density at radius 2 is 2.15 bits per heavy atom. The Bertz CT molecular complexity index is 912. The summed E-state index contributed by atoms with van der Waals surface area (Å²) in [6.45, 7) is 0. The normalized spacial score (nSPS) is 11.4. The van der Waals surface area contributed by atoms with Crippen LogP contribution in [0.1, 0.15) is 0 Å². The molecule has 2 N–H and O–H groups in total. The zero-order valence-electron chi connectivity index (χ0n) is 10.4. The first-order valence-electron chi connectivity index (χ1n) is 6.05. The number of benzene rings is 1. The summed E-state index contributed by atoms with van der Waals surface area (Å²) in [5, 5.41) is 1.59. The molecule has 0 amide bonds. The van der Waals surface area contributed by atoms with Crippen LogP contribution in [0.5, 0.6) is 0 Å². The lowest BCUT2D eigenvalue weighted by Gasteiger charge is -2.00. The van der Waals surface area contributed by atoms with E-state index in [1.54, 1.807) is 18.3 Å². The van der Waals surface area contributed by atoms with Gasteiger partial charge in [-0.1, -0.05) is 6.07 Å². The molecule has 98 valence electrons. The quantitative estimate of drug-likeness (QED) is 0.572. The van der Waals surface area contributed by atoms with Crippen LogP contribution >= 0.6 is 11.8 Å². The van der Waals surface area contributed by atoms with Crippen molar-refractivity contribution in [1.82, 2.24) is 14.4 Å². The number of oxazole rings is 1. The minimum atomic E-state index is 0.590. The second kappa shape index (κ2) is 4.28. The molecule has 3 aromatic heterocycles. The van der Waals surface area contributed by atoms with E-state index in [0.717, 1.165) is 21.8 Å². The smallest absolute Gasteiger partial charge is 0.263 e. The molecule has 0 fully saturated rings. The summed E-state index contributed by atoms with van der Waals surface area (Å²) < 4.78 is 7.71. The molecule has 4 rings (SSSR count). The summed E-state index contributed by atoms with van der Waals surface area (Å²) in [5.41, 5.74) is 8.83. The molecule has 0 saturated heterocycles. The van der Waals surface area contributed by atoms with Crippen LogP contribution in [-0.4, -0.2) is 14.4 Å². The molecule has 0 radical (unpaired) electrons. The van der Waals surface area contributed by atoms with E-state index >= 15 is 0 Å². The summed E-state index contributed by atoms with van der Waals surface area (Å²) in [6, 6.07) is 11.4. The second-order valence-electron chi connectivity index (χ2n) is 4.33. The van der Waals surface area contributed by atoms with E-state index in [0.29, 0.717) is 10.9 Å². The molecule has 5 nitrogen and oxygen atoms in total. The Labute approximate surface area is 118 Å². The van der Waals surface area contributed by atoms with Crippen LogP contribution in [0, 0.1) is 0 Å². The van der Waals surface area contributed by atoms with Gasteiger partial charge in [0.25, 0.3) is 5.22 Å². The topological polar surface area (TPSA) is 69.3 Å². The van der Waals surface area contributed by atoms with Gasteiger partial charge in [-0.2, -0.15) is 0 Å². The minimum Gasteiger partial charge on any atom is -0.431 e. The van der Waals surface area contributed by atoms with Crippen molar-refractivity contribution in [2.24, 2.45) is 0 Å². The van der Waals surface area contributed by atoms with Crippen molar-refractivity contribution < 1.29 is 4.42 Å². The maximum Gasteiger partial charge on any atom is 0.263 e. The van der Waals surface area contributed by atoms with Crippen molar-refractivity contribution in [3.8, 4) is 0 Å². The molecule has 0 spiro atoms. The number of hydrogen-bond donors (Lipinski definition) is 1. The van der Waals surface area contributed by atoms with Crippen LogP contribution in [0.4, 0.5) is 5.69 Å². The number of imidazole rings is 1. The zero-order valence-corrected chi connectivity index (χ0v) is 11.2. The second-order valence-corrected chi connectivity index (χ2v) is 5.30. The van der Waals surface area contributed by atoms with E-state index < -0.39 is 0 Å². The van der Waals surface area contributed by atoms with Crippen molar-refractivity contribution >= 4 is 34.2 Å². The average molecular weight is 282 g/mol. The molecule has 20 heavy (non-hydrogen) atoms. The van der Waals surface area contributed by atoms with E-state index in [2.05, 4.69) is 9.97 Å². The van der Waals surface area contributed by atoms with Gasteiger partial charge >= 0.3 is 0 Å². The zero-order chi connectivity index (χ0) is 13.5. The number of fused-ring (bicyclic) bond motifs is 2. The lowest BCUT2D eigenvalue weighted by molar-refractivity contribution is 0.489. The van der Waals surface area contributed by atoms with Crippen molar-refractivity contribution in [2.75, 3.05) is 5.73 Å². The summed E-state index contributed by atoms with van der Waals surface area (Å²) in [7, 11) is 0. The lowest BCUT2D eigenvalue weighted by atomic mass is 10.3. The molecule has 0 unspecified atom stereocenters. The molecule has 0 bridgehead atoms. The highest BCUT2D eigenvalue weighted by atomic mass is 32.2. The van der Waals surface area contributed by atoms with Gasteiger partial charge in [-0.15, -0.1) is 0 Å². The largest absolute Gasteiger partial charge is 0.431 e. The van der Waals surface area contributed by atoms with Crippen LogP contribution in [0.25, 0.3) is 16.7 Å². The fraction of sp³-hybridized carbons (Fsp3) is 0. The lowest BCUT2D eigenvalue weighted by Crippen LogP contribution is -1.87. The van der Waals surface area contributed by atoms with Gasteiger partial charge in [-0.3, -0.25) is 4.40 Å². The monoisotopic (exact) mass is 282 g/mol. The third-order valence-electron chi connectivity index (χ3n) is 2.97. The predicted octanol–water partition coefficient (Wildman–Crippen LogP) is 3.21. The van der Waals surface area contributed by atoms with Gasteiger partial charge in [-0.05, 0) is 42.1 Å². The maximum absolute atomic E-state index is 5.75. The third kappa shape index (κ3) is 1.81. The van der Waals surface area contributed by atoms with Gasteiger partial charge in [0.15, 0.2) is 5.58 Å². The Hall–Kier alpha value is -2.47. The summed E-state index contributed by atoms with van der Waals surface area (Å²) in [6.07, 6.45) is 3.68. The minimum absolute atomic E-state index is 0.590. The van der Waals surface area contributed by atoms with E-state index in [1.807, 2.05) is 34.9 Å². The fourth-order valence-corrected chi connectivity index (χ4v) is 2.91. The predicted molar refractivity (Wildman–Crippen MR) is 77.7 cm³/mol. The number of nitrogens with zero attached hydrogens (tertiary/aromatic N) is 3. The van der Waals surface area contributed by atoms with Gasteiger partial charge in [0, 0.05) is 18.1 Å². The molecule has 1 aromatic carbocycles. The Kier molecular flexibility index (Phi) is 2.43. The molecule has 0 saturated carbocycles. The van der Waals surface area contributed by atoms with E-state index in [-0.39, 0.29) is 0 Å². The van der Waals surface area contributed by atoms with Crippen LogP contribution in [0.15, 0.2) is 63.5 Å². The molecular weight excluding hydrogens is 272 g/mol. The van der Waals surface area contributed by atoms with Crippen LogP contribution in [0.3, 0.4) is 0 Å². The Morgan fingerprint density at radius 3 is 3.10 bits per heavy atom. The number of anilines is 1. The number of nitrogens with two attached hydrogens (primary N) is 1.